The van der Waals surface area contributed by atoms with Gasteiger partial charge in [0.15, 0.2) is 6.20 Å². The summed E-state index contributed by atoms with van der Waals surface area (Å²) in [5, 5.41) is 16.8. The first-order valence-corrected chi connectivity index (χ1v) is 8.84. The van der Waals surface area contributed by atoms with Gasteiger partial charge in [0, 0.05) is 16.8 Å². The molecule has 3 aromatic carbocycles. The summed E-state index contributed by atoms with van der Waals surface area (Å²) >= 11 is 0. The lowest BCUT2D eigenvalue weighted by atomic mass is 9.99. The second-order valence-electron chi connectivity index (χ2n) is 7.18. The Morgan fingerprint density at radius 1 is 0.846 bits per heavy atom. The molecular weight excluding hydrogens is 320 g/mol. The molecule has 0 unspecified atom stereocenters. The van der Waals surface area contributed by atoms with Crippen LogP contribution in [0.2, 0.25) is 0 Å². The molecule has 3 heteroatoms. The largest absolute Gasteiger partial charge is 0.506 e. The van der Waals surface area contributed by atoms with Gasteiger partial charge in [0.2, 0.25) is 5.52 Å². The van der Waals surface area contributed by atoms with Gasteiger partial charge in [0.25, 0.3) is 0 Å². The van der Waals surface area contributed by atoms with Crippen LogP contribution >= 0.6 is 0 Å². The summed E-state index contributed by atoms with van der Waals surface area (Å²) in [6.45, 7) is 2.17. The van der Waals surface area contributed by atoms with Gasteiger partial charge in [-0.3, -0.25) is 0 Å². The molecule has 0 bridgehead atoms. The summed E-state index contributed by atoms with van der Waals surface area (Å²) in [6, 6.07) is 18.8. The van der Waals surface area contributed by atoms with Crippen LogP contribution in [0.3, 0.4) is 0 Å². The Morgan fingerprint density at radius 2 is 1.69 bits per heavy atom. The van der Waals surface area contributed by atoms with Gasteiger partial charge < -0.3 is 9.51 Å². The van der Waals surface area contributed by atoms with Gasteiger partial charge in [-0.15, -0.1) is 0 Å². The lowest BCUT2D eigenvalue weighted by Crippen LogP contribution is -2.28. The first-order valence-electron chi connectivity index (χ1n) is 8.84. The van der Waals surface area contributed by atoms with E-state index >= 15 is 0 Å². The van der Waals surface area contributed by atoms with Gasteiger partial charge >= 0.3 is 0 Å². The van der Waals surface area contributed by atoms with Crippen LogP contribution in [0.1, 0.15) is 5.56 Å². The normalized spacial score (nSPS) is 12.4. The van der Waals surface area contributed by atoms with Crippen molar-refractivity contribution in [3.05, 3.63) is 66.4 Å². The van der Waals surface area contributed by atoms with Crippen LogP contribution in [-0.4, -0.2) is 9.51 Å². The average molecular weight is 337 g/mol. The summed E-state index contributed by atoms with van der Waals surface area (Å²) in [6.07, 6.45) is 2.11. The van der Waals surface area contributed by atoms with Crippen LogP contribution in [-0.2, 0) is 7.05 Å². The molecule has 0 atom stereocenters. The number of fused-ring (bicyclic) bond motifs is 5. The van der Waals surface area contributed by atoms with E-state index in [0.717, 1.165) is 21.8 Å². The molecule has 0 amide bonds. The highest BCUT2D eigenvalue weighted by Crippen LogP contribution is 2.42. The van der Waals surface area contributed by atoms with Crippen LogP contribution < -0.4 is 4.57 Å². The van der Waals surface area contributed by atoms with Crippen LogP contribution in [0.25, 0.3) is 49.0 Å². The number of para-hydroxylation sites is 1. The van der Waals surface area contributed by atoms with Crippen molar-refractivity contribution in [1.82, 2.24) is 4.40 Å². The standard InChI is InChI=1S/C23H16N2O/c1-13-7-9-16-15-5-3-4-6-17(15)25-21(16)19(13)23-20-14(11-12-24(23)2)8-10-18(26)22(20)25/h3-12H,1-2H3/p+1. The van der Waals surface area contributed by atoms with Gasteiger partial charge in [-0.1, -0.05) is 36.4 Å². The van der Waals surface area contributed by atoms with Gasteiger partial charge in [0.1, 0.15) is 18.3 Å². The molecule has 0 saturated heterocycles. The molecule has 6 aromatic rings. The Kier molecular flexibility index (Phi) is 2.37. The molecule has 0 aliphatic carbocycles. The first kappa shape index (κ1) is 13.9. The third-order valence-electron chi connectivity index (χ3n) is 5.76. The second-order valence-corrected chi connectivity index (χ2v) is 7.18. The van der Waals surface area contributed by atoms with E-state index in [0.29, 0.717) is 5.75 Å². The summed E-state index contributed by atoms with van der Waals surface area (Å²) in [5.41, 5.74) is 5.63. The molecule has 3 heterocycles. The monoisotopic (exact) mass is 337 g/mol. The van der Waals surface area contributed by atoms with E-state index in [1.165, 1.54) is 32.8 Å². The Hall–Kier alpha value is -3.33. The minimum absolute atomic E-state index is 0.319. The number of phenolic OH excluding ortho intramolecular Hbond substituents is 1. The fourth-order valence-electron chi connectivity index (χ4n) is 4.64. The maximum atomic E-state index is 10.9. The number of aromatic hydroxyl groups is 1. The molecule has 0 aliphatic rings. The van der Waals surface area contributed by atoms with Gasteiger partial charge in [-0.25, -0.2) is 4.57 Å². The highest BCUT2D eigenvalue weighted by atomic mass is 16.3. The molecule has 0 aliphatic heterocycles. The number of hydrogen-bond acceptors (Lipinski definition) is 1. The average Bonchev–Trinajstić information content (AvgIpc) is 2.98. The number of phenols is 1. The number of hydrogen-bond donors (Lipinski definition) is 1. The third-order valence-corrected chi connectivity index (χ3v) is 5.76. The predicted octanol–water partition coefficient (Wildman–Crippen LogP) is 4.83. The van der Waals surface area contributed by atoms with Crippen molar-refractivity contribution in [2.75, 3.05) is 0 Å². The van der Waals surface area contributed by atoms with Crippen molar-refractivity contribution < 1.29 is 9.67 Å². The van der Waals surface area contributed by atoms with E-state index in [2.05, 4.69) is 71.6 Å². The van der Waals surface area contributed by atoms with Crippen LogP contribution in [0.4, 0.5) is 0 Å². The number of aromatic nitrogens is 2. The van der Waals surface area contributed by atoms with E-state index in [9.17, 15) is 5.11 Å². The minimum atomic E-state index is 0.319. The third kappa shape index (κ3) is 1.43. The number of benzene rings is 3. The molecule has 26 heavy (non-hydrogen) atoms. The van der Waals surface area contributed by atoms with Crippen LogP contribution in [0, 0.1) is 6.92 Å². The zero-order chi connectivity index (χ0) is 17.6. The van der Waals surface area contributed by atoms with Gasteiger partial charge in [-0.2, -0.15) is 0 Å². The summed E-state index contributed by atoms with van der Waals surface area (Å²) in [5.74, 6) is 0.319. The maximum Gasteiger partial charge on any atom is 0.224 e. The molecule has 6 rings (SSSR count). The quantitative estimate of drug-likeness (QED) is 0.240. The Bertz CT molecular complexity index is 1500. The van der Waals surface area contributed by atoms with E-state index in [4.69, 9.17) is 0 Å². The molecule has 3 aromatic heterocycles. The minimum Gasteiger partial charge on any atom is -0.506 e. The Balaban J connectivity index is 2.19. The summed E-state index contributed by atoms with van der Waals surface area (Å²) in [7, 11) is 2.08. The van der Waals surface area contributed by atoms with Gasteiger partial charge in [-0.05, 0) is 30.0 Å². The maximum absolute atomic E-state index is 10.9. The van der Waals surface area contributed by atoms with Crippen LogP contribution in [0.5, 0.6) is 5.75 Å². The molecular formula is C23H17N2O+. The molecule has 0 radical (unpaired) electrons. The fraction of sp³-hybridized carbons (Fsp3) is 0.0870. The summed E-state index contributed by atoms with van der Waals surface area (Å²) < 4.78 is 4.42. The zero-order valence-corrected chi connectivity index (χ0v) is 14.6. The fourth-order valence-corrected chi connectivity index (χ4v) is 4.64. The molecule has 1 N–H and O–H groups in total. The van der Waals surface area contributed by atoms with Crippen molar-refractivity contribution in [3.63, 3.8) is 0 Å². The molecule has 3 nitrogen and oxygen atoms in total. The van der Waals surface area contributed by atoms with Crippen molar-refractivity contribution in [1.29, 1.82) is 0 Å². The Labute approximate surface area is 149 Å². The number of nitrogens with zero attached hydrogens (tertiary/aromatic N) is 2. The van der Waals surface area contributed by atoms with Gasteiger partial charge in [0.05, 0.1) is 21.8 Å². The number of rotatable bonds is 0. The van der Waals surface area contributed by atoms with Crippen LogP contribution in [0.15, 0.2) is 60.8 Å². The highest BCUT2D eigenvalue weighted by molar-refractivity contribution is 6.26. The Morgan fingerprint density at radius 3 is 2.58 bits per heavy atom. The lowest BCUT2D eigenvalue weighted by Gasteiger charge is -2.13. The van der Waals surface area contributed by atoms with Crippen molar-refractivity contribution in [2.45, 2.75) is 6.92 Å². The summed E-state index contributed by atoms with van der Waals surface area (Å²) in [4.78, 5) is 0. The van der Waals surface area contributed by atoms with E-state index in [1.807, 2.05) is 12.1 Å². The SMILES string of the molecule is Cc1ccc2c3ccccc3n3c4c(O)ccc5cc[n+](C)c(c1c23)c54. The van der Waals surface area contributed by atoms with Crippen molar-refractivity contribution >= 4 is 49.0 Å². The molecule has 0 saturated carbocycles. The van der Waals surface area contributed by atoms with E-state index < -0.39 is 0 Å². The number of aryl methyl sites for hydroxylation is 2. The molecule has 124 valence electrons. The second kappa shape index (κ2) is 4.44. The smallest absolute Gasteiger partial charge is 0.224 e. The zero-order valence-electron chi connectivity index (χ0n) is 14.6. The number of pyridine rings is 2. The molecule has 0 fully saturated rings. The lowest BCUT2D eigenvalue weighted by molar-refractivity contribution is -0.643. The highest BCUT2D eigenvalue weighted by Gasteiger charge is 2.24. The topological polar surface area (TPSA) is 28.5 Å². The van der Waals surface area contributed by atoms with Crippen molar-refractivity contribution in [2.24, 2.45) is 7.05 Å². The first-order chi connectivity index (χ1) is 12.7. The predicted molar refractivity (Wildman–Crippen MR) is 106 cm³/mol. The van der Waals surface area contributed by atoms with E-state index in [1.54, 1.807) is 0 Å². The molecule has 0 spiro atoms. The van der Waals surface area contributed by atoms with E-state index in [-0.39, 0.29) is 0 Å². The van der Waals surface area contributed by atoms with Crippen molar-refractivity contribution in [3.8, 4) is 5.75 Å².